The van der Waals surface area contributed by atoms with E-state index in [1.54, 1.807) is 4.90 Å². The van der Waals surface area contributed by atoms with Crippen molar-refractivity contribution in [3.05, 3.63) is 53.4 Å². The van der Waals surface area contributed by atoms with Gasteiger partial charge in [-0.05, 0) is 81.8 Å². The van der Waals surface area contributed by atoms with E-state index in [9.17, 15) is 10.1 Å². The Labute approximate surface area is 243 Å². The van der Waals surface area contributed by atoms with Crippen LogP contribution in [0.2, 0.25) is 0 Å². The van der Waals surface area contributed by atoms with Gasteiger partial charge in [0.15, 0.2) is 0 Å². The second-order valence-electron chi connectivity index (χ2n) is 11.8. The maximum absolute atomic E-state index is 12.5. The fourth-order valence-corrected chi connectivity index (χ4v) is 7.08. The molecule has 1 amide bonds. The molecule has 41 heavy (non-hydrogen) atoms. The Morgan fingerprint density at radius 1 is 1.12 bits per heavy atom. The molecule has 216 valence electrons. The van der Waals surface area contributed by atoms with Gasteiger partial charge in [-0.1, -0.05) is 6.58 Å². The normalized spacial score (nSPS) is 22.6. The number of nitriles is 1. The molecule has 1 aliphatic carbocycles. The molecule has 4 aliphatic rings. The summed E-state index contributed by atoms with van der Waals surface area (Å²) in [6, 6.07) is 6.79. The first-order chi connectivity index (χ1) is 20.1. The highest BCUT2D eigenvalue weighted by Gasteiger charge is 2.33. The maximum Gasteiger partial charge on any atom is 0.246 e. The molecule has 2 atom stereocenters. The van der Waals surface area contributed by atoms with Gasteiger partial charge in [-0.15, -0.1) is 0 Å². The number of hydrogen-bond donors (Lipinski definition) is 0. The SMILES string of the molecule is C=CC(=O)N1CCN(c2cc(OC[C@@H]3CCCN3C)nc3c2CCN(c2nccc4c2CCCC4)C3)C[C@@H]1CC#N. The Bertz CT molecular complexity index is 1340. The van der Waals surface area contributed by atoms with E-state index in [-0.39, 0.29) is 11.9 Å². The molecule has 6 rings (SSSR count). The van der Waals surface area contributed by atoms with Gasteiger partial charge >= 0.3 is 0 Å². The topological polar surface area (TPSA) is 88.8 Å². The first kappa shape index (κ1) is 27.5. The van der Waals surface area contributed by atoms with Crippen molar-refractivity contribution >= 4 is 17.4 Å². The van der Waals surface area contributed by atoms with Crippen LogP contribution in [0.25, 0.3) is 0 Å². The third-order valence-corrected chi connectivity index (χ3v) is 9.39. The molecule has 0 N–H and O–H groups in total. The van der Waals surface area contributed by atoms with Gasteiger partial charge in [-0.2, -0.15) is 5.26 Å². The average molecular weight is 556 g/mol. The van der Waals surface area contributed by atoms with Gasteiger partial charge in [0.1, 0.15) is 12.4 Å². The molecule has 2 saturated heterocycles. The van der Waals surface area contributed by atoms with Crippen LogP contribution in [-0.2, 0) is 30.6 Å². The Hall–Kier alpha value is -3.64. The number of rotatable bonds is 7. The van der Waals surface area contributed by atoms with Crippen molar-refractivity contribution < 1.29 is 9.53 Å². The molecule has 9 heteroatoms. The summed E-state index contributed by atoms with van der Waals surface area (Å²) in [5.41, 5.74) is 6.26. The number of nitrogens with zero attached hydrogens (tertiary/aromatic N) is 7. The predicted molar refractivity (Wildman–Crippen MR) is 159 cm³/mol. The second kappa shape index (κ2) is 12.1. The summed E-state index contributed by atoms with van der Waals surface area (Å²) in [5, 5.41) is 9.52. The number of aryl methyl sites for hydroxylation is 1. The van der Waals surface area contributed by atoms with Gasteiger partial charge in [0.2, 0.25) is 11.8 Å². The van der Waals surface area contributed by atoms with Crippen LogP contribution in [0.3, 0.4) is 0 Å². The predicted octanol–water partition coefficient (Wildman–Crippen LogP) is 3.51. The van der Waals surface area contributed by atoms with E-state index in [0.29, 0.717) is 51.1 Å². The largest absolute Gasteiger partial charge is 0.476 e. The molecule has 3 aliphatic heterocycles. The van der Waals surface area contributed by atoms with Gasteiger partial charge in [0, 0.05) is 55.7 Å². The van der Waals surface area contributed by atoms with E-state index in [4.69, 9.17) is 14.7 Å². The van der Waals surface area contributed by atoms with Crippen LogP contribution in [0.15, 0.2) is 31.0 Å². The van der Waals surface area contributed by atoms with Crippen molar-refractivity contribution in [3.8, 4) is 11.9 Å². The lowest BCUT2D eigenvalue weighted by Gasteiger charge is -2.43. The number of pyridine rings is 2. The first-order valence-electron chi connectivity index (χ1n) is 15.2. The molecule has 0 spiro atoms. The molecule has 5 heterocycles. The summed E-state index contributed by atoms with van der Waals surface area (Å²) in [6.45, 7) is 8.83. The zero-order valence-electron chi connectivity index (χ0n) is 24.2. The van der Waals surface area contributed by atoms with Gasteiger partial charge in [-0.25, -0.2) is 9.97 Å². The third-order valence-electron chi connectivity index (χ3n) is 9.39. The minimum atomic E-state index is -0.181. The van der Waals surface area contributed by atoms with Crippen LogP contribution < -0.4 is 14.5 Å². The van der Waals surface area contributed by atoms with Crippen LogP contribution in [0.4, 0.5) is 11.5 Å². The lowest BCUT2D eigenvalue weighted by Crippen LogP contribution is -2.55. The van der Waals surface area contributed by atoms with E-state index in [1.165, 1.54) is 42.0 Å². The van der Waals surface area contributed by atoms with Crippen LogP contribution >= 0.6 is 0 Å². The van der Waals surface area contributed by atoms with Crippen molar-refractivity contribution in [2.75, 3.05) is 56.2 Å². The summed E-state index contributed by atoms with van der Waals surface area (Å²) < 4.78 is 6.40. The molecule has 2 aromatic heterocycles. The van der Waals surface area contributed by atoms with Crippen molar-refractivity contribution in [3.63, 3.8) is 0 Å². The first-order valence-corrected chi connectivity index (χ1v) is 15.2. The lowest BCUT2D eigenvalue weighted by molar-refractivity contribution is -0.128. The van der Waals surface area contributed by atoms with Crippen molar-refractivity contribution in [1.82, 2.24) is 19.8 Å². The standard InChI is InChI=1S/C32H41N7O2/c1-3-31(40)39-18-17-37(20-24(39)10-13-33)29-19-30(41-22-25-8-6-15-36(25)2)35-28-21-38(16-12-27(28)29)32-26-9-5-4-7-23(26)11-14-34-32/h3,11,14,19,24-25H,1,4-10,12,15-18,20-22H2,2H3/t24-,25-/m0/s1. The zero-order valence-corrected chi connectivity index (χ0v) is 24.2. The highest BCUT2D eigenvalue weighted by molar-refractivity contribution is 5.87. The maximum atomic E-state index is 12.5. The molecule has 0 radical (unpaired) electrons. The number of carbonyl (C=O) groups excluding carboxylic acids is 1. The summed E-state index contributed by atoms with van der Waals surface area (Å²) in [7, 11) is 2.16. The summed E-state index contributed by atoms with van der Waals surface area (Å²) in [6.07, 6.45) is 11.5. The Kier molecular flexibility index (Phi) is 8.11. The van der Waals surface area contributed by atoms with Crippen molar-refractivity contribution in [2.45, 2.75) is 70.0 Å². The molecule has 0 unspecified atom stereocenters. The molecule has 0 bridgehead atoms. The third kappa shape index (κ3) is 5.62. The van der Waals surface area contributed by atoms with Gasteiger partial charge in [0.25, 0.3) is 0 Å². The number of ether oxygens (including phenoxy) is 1. The number of aromatic nitrogens is 2. The molecule has 9 nitrogen and oxygen atoms in total. The highest BCUT2D eigenvalue weighted by atomic mass is 16.5. The Morgan fingerprint density at radius 2 is 2.00 bits per heavy atom. The van der Waals surface area contributed by atoms with Crippen LogP contribution in [0, 0.1) is 11.3 Å². The second-order valence-corrected chi connectivity index (χ2v) is 11.8. The number of hydrogen-bond acceptors (Lipinski definition) is 8. The lowest BCUT2D eigenvalue weighted by atomic mass is 9.91. The van der Waals surface area contributed by atoms with E-state index in [1.807, 2.05) is 6.20 Å². The fraction of sp³-hybridized carbons (Fsp3) is 0.562. The monoisotopic (exact) mass is 555 g/mol. The van der Waals surface area contributed by atoms with Crippen molar-refractivity contribution in [2.24, 2.45) is 0 Å². The molecular formula is C32H41N7O2. The number of carbonyl (C=O) groups is 1. The molecular weight excluding hydrogens is 514 g/mol. The van der Waals surface area contributed by atoms with Gasteiger partial charge in [-0.3, -0.25) is 4.79 Å². The molecule has 0 aromatic carbocycles. The summed E-state index contributed by atoms with van der Waals surface area (Å²) >= 11 is 0. The average Bonchev–Trinajstić information content (AvgIpc) is 3.43. The number of likely N-dealkylation sites (N-methyl/N-ethyl adjacent to an activating group) is 1. The van der Waals surface area contributed by atoms with Gasteiger partial charge < -0.3 is 24.3 Å². The molecule has 0 saturated carbocycles. The van der Waals surface area contributed by atoms with Crippen LogP contribution in [0.1, 0.15) is 54.5 Å². The van der Waals surface area contributed by atoms with Crippen LogP contribution in [0.5, 0.6) is 5.88 Å². The number of amides is 1. The number of piperazine rings is 1. The van der Waals surface area contributed by atoms with E-state index in [0.717, 1.165) is 56.0 Å². The summed E-state index contributed by atoms with van der Waals surface area (Å²) in [4.78, 5) is 31.4. The zero-order chi connectivity index (χ0) is 28.3. The van der Waals surface area contributed by atoms with E-state index >= 15 is 0 Å². The fourth-order valence-electron chi connectivity index (χ4n) is 7.08. The van der Waals surface area contributed by atoms with Crippen LogP contribution in [-0.4, -0.2) is 84.1 Å². The minimum absolute atomic E-state index is 0.110. The Morgan fingerprint density at radius 3 is 2.80 bits per heavy atom. The Balaban J connectivity index is 1.31. The molecule has 2 aromatic rings. The smallest absolute Gasteiger partial charge is 0.246 e. The van der Waals surface area contributed by atoms with Gasteiger partial charge in [0.05, 0.1) is 30.8 Å². The number of anilines is 2. The number of fused-ring (bicyclic) bond motifs is 2. The molecule has 2 fully saturated rings. The quantitative estimate of drug-likeness (QED) is 0.480. The van der Waals surface area contributed by atoms with Crippen molar-refractivity contribution in [1.29, 1.82) is 5.26 Å². The summed E-state index contributed by atoms with van der Waals surface area (Å²) in [5.74, 6) is 1.66. The number of likely N-dealkylation sites (tertiary alicyclic amines) is 1. The minimum Gasteiger partial charge on any atom is -0.476 e. The highest BCUT2D eigenvalue weighted by Crippen LogP contribution is 2.36. The van der Waals surface area contributed by atoms with E-state index in [2.05, 4.69) is 46.5 Å². The van der Waals surface area contributed by atoms with E-state index < -0.39 is 0 Å².